The molecule has 0 bridgehead atoms. The van der Waals surface area contributed by atoms with E-state index >= 15 is 0 Å². The predicted octanol–water partition coefficient (Wildman–Crippen LogP) is 2.84. The van der Waals surface area contributed by atoms with Gasteiger partial charge in [-0.25, -0.2) is 13.4 Å². The number of hydrogen-bond acceptors (Lipinski definition) is 6. The van der Waals surface area contributed by atoms with Crippen LogP contribution in [-0.2, 0) is 16.3 Å². The standard InChI is InChI=1S/C20H28N4O2S/c1-3-24(18-11-13-27(25,26)15-18)19-14-16(2)22-20(23-19)21-12-7-10-17-8-5-4-6-9-17/h4-6,8-9,14,18H,3,7,10-13,15H2,1-2H3,(H,21,22,23). The van der Waals surface area contributed by atoms with Gasteiger partial charge in [-0.2, -0.15) is 4.98 Å². The second-order valence-corrected chi connectivity index (χ2v) is 9.28. The van der Waals surface area contributed by atoms with E-state index in [-0.39, 0.29) is 17.5 Å². The van der Waals surface area contributed by atoms with Gasteiger partial charge in [0.05, 0.1) is 11.5 Å². The van der Waals surface area contributed by atoms with Gasteiger partial charge >= 0.3 is 0 Å². The van der Waals surface area contributed by atoms with Crippen molar-refractivity contribution in [1.29, 1.82) is 0 Å². The summed E-state index contributed by atoms with van der Waals surface area (Å²) < 4.78 is 23.7. The average molecular weight is 389 g/mol. The van der Waals surface area contributed by atoms with E-state index in [9.17, 15) is 8.42 Å². The molecule has 1 unspecified atom stereocenters. The fourth-order valence-corrected chi connectivity index (χ4v) is 5.27. The summed E-state index contributed by atoms with van der Waals surface area (Å²) in [4.78, 5) is 11.2. The molecule has 1 N–H and O–H groups in total. The van der Waals surface area contributed by atoms with Crippen LogP contribution < -0.4 is 10.2 Å². The second kappa shape index (κ2) is 8.69. The van der Waals surface area contributed by atoms with E-state index in [0.29, 0.717) is 12.4 Å². The van der Waals surface area contributed by atoms with E-state index in [0.717, 1.165) is 37.4 Å². The van der Waals surface area contributed by atoms with Crippen molar-refractivity contribution in [2.75, 3.05) is 34.8 Å². The third-order valence-corrected chi connectivity index (χ3v) is 6.64. The van der Waals surface area contributed by atoms with Gasteiger partial charge in [0.15, 0.2) is 9.84 Å². The maximum atomic E-state index is 11.8. The molecule has 27 heavy (non-hydrogen) atoms. The van der Waals surface area contributed by atoms with Crippen LogP contribution in [0.1, 0.15) is 31.0 Å². The number of rotatable bonds is 8. The minimum atomic E-state index is -2.92. The third-order valence-electron chi connectivity index (χ3n) is 4.89. The molecule has 0 radical (unpaired) electrons. The van der Waals surface area contributed by atoms with Crippen LogP contribution in [0, 0.1) is 6.92 Å². The summed E-state index contributed by atoms with van der Waals surface area (Å²) in [7, 11) is -2.92. The first-order valence-corrected chi connectivity index (χ1v) is 11.4. The van der Waals surface area contributed by atoms with Crippen LogP contribution in [0.2, 0.25) is 0 Å². The fourth-order valence-electron chi connectivity index (χ4n) is 3.54. The molecule has 1 saturated heterocycles. The summed E-state index contributed by atoms with van der Waals surface area (Å²) in [5.74, 6) is 1.89. The lowest BCUT2D eigenvalue weighted by atomic mass is 10.1. The molecule has 0 spiro atoms. The van der Waals surface area contributed by atoms with Crippen molar-refractivity contribution in [3.63, 3.8) is 0 Å². The molecule has 3 rings (SSSR count). The van der Waals surface area contributed by atoms with Crippen LogP contribution in [0.4, 0.5) is 11.8 Å². The molecule has 1 atom stereocenters. The van der Waals surface area contributed by atoms with Crippen LogP contribution in [0.5, 0.6) is 0 Å². The monoisotopic (exact) mass is 388 g/mol. The second-order valence-electron chi connectivity index (χ2n) is 7.05. The highest BCUT2D eigenvalue weighted by Crippen LogP contribution is 2.24. The highest BCUT2D eigenvalue weighted by atomic mass is 32.2. The Morgan fingerprint density at radius 3 is 2.67 bits per heavy atom. The quantitative estimate of drug-likeness (QED) is 0.701. The number of nitrogens with one attached hydrogen (secondary N) is 1. The van der Waals surface area contributed by atoms with Crippen molar-refractivity contribution in [3.8, 4) is 0 Å². The van der Waals surface area contributed by atoms with E-state index in [4.69, 9.17) is 0 Å². The molecule has 0 amide bonds. The number of aromatic nitrogens is 2. The highest BCUT2D eigenvalue weighted by Gasteiger charge is 2.32. The van der Waals surface area contributed by atoms with Gasteiger partial charge in [0.1, 0.15) is 5.82 Å². The number of hydrogen-bond donors (Lipinski definition) is 1. The van der Waals surface area contributed by atoms with Gasteiger partial charge < -0.3 is 10.2 Å². The number of sulfone groups is 1. The third kappa shape index (κ3) is 5.42. The van der Waals surface area contributed by atoms with Gasteiger partial charge in [0.2, 0.25) is 5.95 Å². The lowest BCUT2D eigenvalue weighted by Gasteiger charge is -2.28. The zero-order valence-corrected chi connectivity index (χ0v) is 16.9. The number of benzene rings is 1. The smallest absolute Gasteiger partial charge is 0.224 e. The van der Waals surface area contributed by atoms with Gasteiger partial charge in [-0.3, -0.25) is 0 Å². The molecule has 7 heteroatoms. The van der Waals surface area contributed by atoms with Gasteiger partial charge in [-0.1, -0.05) is 30.3 Å². The summed E-state index contributed by atoms with van der Waals surface area (Å²) in [6, 6.07) is 12.3. The predicted molar refractivity (Wildman–Crippen MR) is 110 cm³/mol. The van der Waals surface area contributed by atoms with Gasteiger partial charge in [-0.15, -0.1) is 0 Å². The molecule has 1 aromatic heterocycles. The molecule has 0 aliphatic carbocycles. The van der Waals surface area contributed by atoms with Crippen molar-refractivity contribution in [3.05, 3.63) is 47.7 Å². The Morgan fingerprint density at radius 2 is 2.00 bits per heavy atom. The van der Waals surface area contributed by atoms with E-state index in [1.54, 1.807) is 0 Å². The minimum Gasteiger partial charge on any atom is -0.354 e. The van der Waals surface area contributed by atoms with Crippen molar-refractivity contribution in [2.45, 2.75) is 39.2 Å². The fraction of sp³-hybridized carbons (Fsp3) is 0.500. The molecule has 0 saturated carbocycles. The molecule has 1 aliphatic rings. The zero-order chi connectivity index (χ0) is 19.3. The Balaban J connectivity index is 1.63. The molecule has 146 valence electrons. The summed E-state index contributed by atoms with van der Waals surface area (Å²) in [6.07, 6.45) is 2.67. The van der Waals surface area contributed by atoms with Crippen LogP contribution in [0.15, 0.2) is 36.4 Å². The Kier molecular flexibility index (Phi) is 6.31. The zero-order valence-electron chi connectivity index (χ0n) is 16.1. The Bertz CT molecular complexity index is 856. The maximum Gasteiger partial charge on any atom is 0.224 e. The van der Waals surface area contributed by atoms with E-state index < -0.39 is 9.84 Å². The lowest BCUT2D eigenvalue weighted by Crippen LogP contribution is -2.37. The van der Waals surface area contributed by atoms with Crippen molar-refractivity contribution in [1.82, 2.24) is 9.97 Å². The van der Waals surface area contributed by atoms with Crippen molar-refractivity contribution in [2.24, 2.45) is 0 Å². The molecular weight excluding hydrogens is 360 g/mol. The summed E-state index contributed by atoms with van der Waals surface area (Å²) in [6.45, 7) is 5.50. The topological polar surface area (TPSA) is 75.2 Å². The first-order chi connectivity index (χ1) is 13.0. The molecular formula is C20H28N4O2S. The van der Waals surface area contributed by atoms with Gasteiger partial charge in [0, 0.05) is 30.9 Å². The Labute approximate surface area is 162 Å². The maximum absolute atomic E-state index is 11.8. The van der Waals surface area contributed by atoms with E-state index in [1.165, 1.54) is 5.56 Å². The average Bonchev–Trinajstić information content (AvgIpc) is 2.99. The Hall–Kier alpha value is -2.15. The summed E-state index contributed by atoms with van der Waals surface area (Å²) in [5.41, 5.74) is 2.20. The van der Waals surface area contributed by atoms with Crippen LogP contribution in [-0.4, -0.2) is 49.0 Å². The normalized spacial score (nSPS) is 18.4. The van der Waals surface area contributed by atoms with Crippen LogP contribution in [0.25, 0.3) is 0 Å². The SMILES string of the molecule is CCN(c1cc(C)nc(NCCCc2ccccc2)n1)C1CCS(=O)(=O)C1. The van der Waals surface area contributed by atoms with Crippen LogP contribution in [0.3, 0.4) is 0 Å². The largest absolute Gasteiger partial charge is 0.354 e. The lowest BCUT2D eigenvalue weighted by molar-refractivity contribution is 0.599. The molecule has 2 aromatic rings. The van der Waals surface area contributed by atoms with Crippen LogP contribution >= 0.6 is 0 Å². The first kappa shape index (κ1) is 19.6. The number of aryl methyl sites for hydroxylation is 2. The van der Waals surface area contributed by atoms with E-state index in [1.807, 2.05) is 26.0 Å². The van der Waals surface area contributed by atoms with Gasteiger partial charge in [-0.05, 0) is 38.7 Å². The number of nitrogens with zero attached hydrogens (tertiary/aromatic N) is 3. The highest BCUT2D eigenvalue weighted by molar-refractivity contribution is 7.91. The van der Waals surface area contributed by atoms with Gasteiger partial charge in [0.25, 0.3) is 0 Å². The first-order valence-electron chi connectivity index (χ1n) is 9.57. The minimum absolute atomic E-state index is 0.000214. The summed E-state index contributed by atoms with van der Waals surface area (Å²) in [5, 5.41) is 3.31. The van der Waals surface area contributed by atoms with Crippen molar-refractivity contribution >= 4 is 21.6 Å². The Morgan fingerprint density at radius 1 is 1.22 bits per heavy atom. The van der Waals surface area contributed by atoms with Crippen molar-refractivity contribution < 1.29 is 8.42 Å². The molecule has 1 aromatic carbocycles. The number of anilines is 2. The molecule has 2 heterocycles. The summed E-state index contributed by atoms with van der Waals surface area (Å²) >= 11 is 0. The molecule has 1 fully saturated rings. The molecule has 6 nitrogen and oxygen atoms in total. The van der Waals surface area contributed by atoms with E-state index in [2.05, 4.69) is 44.5 Å². The molecule has 1 aliphatic heterocycles.